The first-order valence-corrected chi connectivity index (χ1v) is 10.0. The Labute approximate surface area is 175 Å². The number of aryl methyl sites for hydroxylation is 1. The van der Waals surface area contributed by atoms with E-state index in [0.29, 0.717) is 29.0 Å². The number of benzene rings is 2. The van der Waals surface area contributed by atoms with Crippen LogP contribution in [0.3, 0.4) is 0 Å². The highest BCUT2D eigenvalue weighted by Gasteiger charge is 2.20. The summed E-state index contributed by atoms with van der Waals surface area (Å²) in [6.45, 7) is 5.79. The van der Waals surface area contributed by atoms with Gasteiger partial charge in [0.1, 0.15) is 5.75 Å². The maximum Gasteiger partial charge on any atom is 0.258 e. The Morgan fingerprint density at radius 1 is 1.18 bits per heavy atom. The summed E-state index contributed by atoms with van der Waals surface area (Å²) in [6, 6.07) is 13.0. The number of carbonyl (C=O) groups is 1. The zero-order valence-electron chi connectivity index (χ0n) is 15.8. The van der Waals surface area contributed by atoms with Crippen LogP contribution in [-0.4, -0.2) is 50.3 Å². The van der Waals surface area contributed by atoms with Crippen LogP contribution in [0.25, 0.3) is 0 Å². The second kappa shape index (κ2) is 10.1. The number of hydrogen-bond donors (Lipinski definition) is 1. The lowest BCUT2D eigenvalue weighted by molar-refractivity contribution is -0.124. The number of ether oxygens (including phenoxy) is 2. The highest BCUT2D eigenvalue weighted by Crippen LogP contribution is 2.27. The van der Waals surface area contributed by atoms with Gasteiger partial charge < -0.3 is 14.8 Å². The first kappa shape index (κ1) is 20.9. The summed E-state index contributed by atoms with van der Waals surface area (Å²) in [5.41, 5.74) is 2.25. The van der Waals surface area contributed by atoms with Crippen LogP contribution in [0.5, 0.6) is 5.75 Å². The Morgan fingerprint density at radius 2 is 1.89 bits per heavy atom. The van der Waals surface area contributed by atoms with E-state index in [4.69, 9.17) is 32.7 Å². The van der Waals surface area contributed by atoms with Crippen molar-refractivity contribution < 1.29 is 14.3 Å². The van der Waals surface area contributed by atoms with E-state index < -0.39 is 0 Å². The lowest BCUT2D eigenvalue weighted by Gasteiger charge is -2.31. The summed E-state index contributed by atoms with van der Waals surface area (Å²) in [6.07, 6.45) is 0. The molecular weight excluding hydrogens is 399 g/mol. The Kier molecular flexibility index (Phi) is 7.57. The van der Waals surface area contributed by atoms with E-state index >= 15 is 0 Å². The molecule has 0 radical (unpaired) electrons. The number of nitrogens with zero attached hydrogens (tertiary/aromatic N) is 1. The quantitative estimate of drug-likeness (QED) is 0.735. The normalized spacial score (nSPS) is 15.8. The lowest BCUT2D eigenvalue weighted by Crippen LogP contribution is -2.44. The molecule has 1 amide bonds. The molecule has 7 heteroatoms. The molecule has 150 valence electrons. The van der Waals surface area contributed by atoms with Crippen LogP contribution < -0.4 is 10.1 Å². The molecule has 1 atom stereocenters. The third kappa shape index (κ3) is 6.11. The van der Waals surface area contributed by atoms with E-state index in [9.17, 15) is 4.79 Å². The van der Waals surface area contributed by atoms with E-state index in [0.717, 1.165) is 25.2 Å². The van der Waals surface area contributed by atoms with E-state index in [-0.39, 0.29) is 18.6 Å². The molecule has 1 aliphatic heterocycles. The van der Waals surface area contributed by atoms with Crippen molar-refractivity contribution in [1.29, 1.82) is 0 Å². The predicted octanol–water partition coefficient (Wildman–Crippen LogP) is 3.87. The van der Waals surface area contributed by atoms with Crippen molar-refractivity contribution in [3.05, 3.63) is 63.6 Å². The molecule has 3 rings (SSSR count). The first-order chi connectivity index (χ1) is 13.5. The van der Waals surface area contributed by atoms with Crippen LogP contribution in [0.1, 0.15) is 17.2 Å². The molecule has 0 bridgehead atoms. The standard InChI is InChI=1S/C21H24Cl2N2O3/c1-15-2-4-16(5-3-15)19(13-25-8-10-27-11-9-25)24-21(26)14-28-20-7-6-17(22)12-18(20)23/h2-7,12,19H,8-11,13-14H2,1H3,(H,24,26)/t19-/m0/s1. The van der Waals surface area contributed by atoms with Gasteiger partial charge in [-0.1, -0.05) is 53.0 Å². The molecule has 0 aliphatic carbocycles. The molecule has 2 aromatic rings. The number of carbonyl (C=O) groups excluding carboxylic acids is 1. The minimum Gasteiger partial charge on any atom is -0.482 e. The summed E-state index contributed by atoms with van der Waals surface area (Å²) in [5.74, 6) is 0.228. The van der Waals surface area contributed by atoms with Crippen LogP contribution in [0.15, 0.2) is 42.5 Å². The minimum absolute atomic E-state index is 0.118. The van der Waals surface area contributed by atoms with Gasteiger partial charge in [-0.15, -0.1) is 0 Å². The maximum atomic E-state index is 12.5. The zero-order valence-corrected chi connectivity index (χ0v) is 17.3. The average molecular weight is 423 g/mol. The number of nitrogens with one attached hydrogen (secondary N) is 1. The van der Waals surface area contributed by atoms with Gasteiger partial charge in [-0.05, 0) is 30.7 Å². The Morgan fingerprint density at radius 3 is 2.57 bits per heavy atom. The second-order valence-electron chi connectivity index (χ2n) is 6.81. The van der Waals surface area contributed by atoms with Gasteiger partial charge in [0.05, 0.1) is 24.3 Å². The molecule has 0 spiro atoms. The van der Waals surface area contributed by atoms with Gasteiger partial charge in [0, 0.05) is 24.7 Å². The number of hydrogen-bond acceptors (Lipinski definition) is 4. The van der Waals surface area contributed by atoms with Crippen molar-refractivity contribution in [2.45, 2.75) is 13.0 Å². The number of rotatable bonds is 7. The van der Waals surface area contributed by atoms with Crippen molar-refractivity contribution in [1.82, 2.24) is 10.2 Å². The third-order valence-corrected chi connectivity index (χ3v) is 5.14. The average Bonchev–Trinajstić information content (AvgIpc) is 2.68. The predicted molar refractivity (Wildman–Crippen MR) is 111 cm³/mol. The molecule has 1 N–H and O–H groups in total. The summed E-state index contributed by atoms with van der Waals surface area (Å²) in [7, 11) is 0. The summed E-state index contributed by atoms with van der Waals surface area (Å²) in [4.78, 5) is 14.8. The van der Waals surface area contributed by atoms with Gasteiger partial charge >= 0.3 is 0 Å². The molecule has 0 aromatic heterocycles. The fourth-order valence-electron chi connectivity index (χ4n) is 3.05. The first-order valence-electron chi connectivity index (χ1n) is 9.25. The Hall–Kier alpha value is -1.79. The summed E-state index contributed by atoms with van der Waals surface area (Å²) < 4.78 is 11.0. The monoisotopic (exact) mass is 422 g/mol. The largest absolute Gasteiger partial charge is 0.482 e. The van der Waals surface area contributed by atoms with Crippen molar-refractivity contribution >= 4 is 29.1 Å². The van der Waals surface area contributed by atoms with Gasteiger partial charge in [0.2, 0.25) is 0 Å². The van der Waals surface area contributed by atoms with Crippen LogP contribution >= 0.6 is 23.2 Å². The highest BCUT2D eigenvalue weighted by atomic mass is 35.5. The Bertz CT molecular complexity index is 793. The van der Waals surface area contributed by atoms with Gasteiger partial charge in [-0.2, -0.15) is 0 Å². The van der Waals surface area contributed by atoms with Crippen LogP contribution in [0, 0.1) is 6.92 Å². The SMILES string of the molecule is Cc1ccc([C@H](CN2CCOCC2)NC(=O)COc2ccc(Cl)cc2Cl)cc1. The maximum absolute atomic E-state index is 12.5. The molecule has 28 heavy (non-hydrogen) atoms. The van der Waals surface area contributed by atoms with E-state index in [2.05, 4.69) is 34.5 Å². The Balaban J connectivity index is 1.63. The molecule has 1 heterocycles. The van der Waals surface area contributed by atoms with Crippen LogP contribution in [0.4, 0.5) is 0 Å². The van der Waals surface area contributed by atoms with Crippen molar-refractivity contribution in [3.63, 3.8) is 0 Å². The zero-order chi connectivity index (χ0) is 19.9. The number of halogens is 2. The second-order valence-corrected chi connectivity index (χ2v) is 7.65. The third-order valence-electron chi connectivity index (χ3n) is 4.61. The van der Waals surface area contributed by atoms with Crippen molar-refractivity contribution in [2.75, 3.05) is 39.5 Å². The van der Waals surface area contributed by atoms with E-state index in [1.165, 1.54) is 5.56 Å². The van der Waals surface area contributed by atoms with Crippen molar-refractivity contribution in [3.8, 4) is 5.75 Å². The van der Waals surface area contributed by atoms with E-state index in [1.54, 1.807) is 18.2 Å². The van der Waals surface area contributed by atoms with Crippen LogP contribution in [0.2, 0.25) is 10.0 Å². The number of amides is 1. The topological polar surface area (TPSA) is 50.8 Å². The van der Waals surface area contributed by atoms with Gasteiger partial charge in [0.25, 0.3) is 5.91 Å². The molecule has 0 saturated carbocycles. The molecule has 1 saturated heterocycles. The van der Waals surface area contributed by atoms with Gasteiger partial charge in [0.15, 0.2) is 6.61 Å². The molecule has 2 aromatic carbocycles. The molecule has 0 unspecified atom stereocenters. The van der Waals surface area contributed by atoms with Gasteiger partial charge in [-0.3, -0.25) is 9.69 Å². The van der Waals surface area contributed by atoms with Crippen molar-refractivity contribution in [2.24, 2.45) is 0 Å². The van der Waals surface area contributed by atoms with Crippen LogP contribution in [-0.2, 0) is 9.53 Å². The lowest BCUT2D eigenvalue weighted by atomic mass is 10.0. The van der Waals surface area contributed by atoms with E-state index in [1.807, 2.05) is 6.92 Å². The summed E-state index contributed by atoms with van der Waals surface area (Å²) >= 11 is 12.0. The molecule has 1 fully saturated rings. The molecular formula is C21H24Cl2N2O3. The highest BCUT2D eigenvalue weighted by molar-refractivity contribution is 6.35. The van der Waals surface area contributed by atoms with Gasteiger partial charge in [-0.25, -0.2) is 0 Å². The fraction of sp³-hybridized carbons (Fsp3) is 0.381. The minimum atomic E-state index is -0.204. The number of morpholine rings is 1. The molecule has 5 nitrogen and oxygen atoms in total. The summed E-state index contributed by atoms with van der Waals surface area (Å²) in [5, 5.41) is 3.98. The smallest absolute Gasteiger partial charge is 0.258 e. The fourth-order valence-corrected chi connectivity index (χ4v) is 3.51. The molecule has 1 aliphatic rings.